The maximum absolute atomic E-state index is 13.4. The smallest absolute Gasteiger partial charge is 0.338 e. The van der Waals surface area contributed by atoms with Crippen molar-refractivity contribution in [1.29, 1.82) is 0 Å². The van der Waals surface area contributed by atoms with Crippen LogP contribution in [0.4, 0.5) is 5.69 Å². The number of carbonyl (C=O) groups excluding carboxylic acids is 4. The first-order chi connectivity index (χ1) is 18.8. The van der Waals surface area contributed by atoms with Crippen molar-refractivity contribution in [2.45, 2.75) is 52.3 Å². The molecule has 2 N–H and O–H groups in total. The molecule has 1 unspecified atom stereocenters. The molecule has 0 bridgehead atoms. The van der Waals surface area contributed by atoms with Crippen LogP contribution in [0.15, 0.2) is 79.1 Å². The lowest BCUT2D eigenvalue weighted by molar-refractivity contribution is -0.147. The summed E-state index contributed by atoms with van der Waals surface area (Å²) in [4.78, 5) is 51.1. The maximum Gasteiger partial charge on any atom is 0.338 e. The number of amides is 2. The van der Waals surface area contributed by atoms with E-state index in [2.05, 4.69) is 10.6 Å². The zero-order valence-corrected chi connectivity index (χ0v) is 22.5. The van der Waals surface area contributed by atoms with Gasteiger partial charge in [0, 0.05) is 18.1 Å². The Morgan fingerprint density at radius 3 is 2.13 bits per heavy atom. The number of anilines is 1. The van der Waals surface area contributed by atoms with Crippen molar-refractivity contribution < 1.29 is 28.7 Å². The van der Waals surface area contributed by atoms with Gasteiger partial charge in [0.15, 0.2) is 0 Å². The molecule has 0 saturated carbocycles. The van der Waals surface area contributed by atoms with E-state index in [-0.39, 0.29) is 25.6 Å². The molecular weight excluding hydrogens is 498 g/mol. The van der Waals surface area contributed by atoms with Crippen LogP contribution in [-0.4, -0.2) is 41.0 Å². The van der Waals surface area contributed by atoms with Crippen LogP contribution in [0.5, 0.6) is 0 Å². The van der Waals surface area contributed by atoms with Gasteiger partial charge < -0.3 is 24.7 Å². The summed E-state index contributed by atoms with van der Waals surface area (Å²) in [5.41, 5.74) is 1.69. The minimum absolute atomic E-state index is 0.104. The predicted molar refractivity (Wildman–Crippen MR) is 147 cm³/mol. The van der Waals surface area contributed by atoms with Crippen LogP contribution >= 0.6 is 0 Å². The van der Waals surface area contributed by atoms with Crippen LogP contribution in [-0.2, 0) is 30.5 Å². The monoisotopic (exact) mass is 533 g/mol. The Morgan fingerprint density at radius 1 is 0.846 bits per heavy atom. The first-order valence-corrected chi connectivity index (χ1v) is 13.0. The van der Waals surface area contributed by atoms with Gasteiger partial charge in [-0.05, 0) is 61.2 Å². The standard InChI is InChI=1S/C30H35N3O6/c1-4-38-30(37)23-12-14-24(15-13-23)31-28(35)25(18-21(2)3)32-29(36)26(33-16-8-9-17-33)19-27(34)39-20-22-10-6-5-7-11-22/h5-17,21,25-26H,4,18-20H2,1-3H3,(H,31,35)(H,32,36)/t25-,26?/m0/s1. The van der Waals surface area contributed by atoms with E-state index in [1.807, 2.05) is 44.2 Å². The third-order valence-corrected chi connectivity index (χ3v) is 5.90. The van der Waals surface area contributed by atoms with E-state index in [0.717, 1.165) is 5.56 Å². The Morgan fingerprint density at radius 2 is 1.51 bits per heavy atom. The van der Waals surface area contributed by atoms with E-state index in [1.54, 1.807) is 60.3 Å². The van der Waals surface area contributed by atoms with Crippen LogP contribution < -0.4 is 10.6 Å². The van der Waals surface area contributed by atoms with Gasteiger partial charge in [-0.25, -0.2) is 4.79 Å². The van der Waals surface area contributed by atoms with Crippen molar-refractivity contribution >= 4 is 29.4 Å². The molecule has 0 aliphatic rings. The summed E-state index contributed by atoms with van der Waals surface area (Å²) in [5, 5.41) is 5.63. The molecule has 3 rings (SSSR count). The number of benzene rings is 2. The Balaban J connectivity index is 1.68. The third kappa shape index (κ3) is 9.14. The molecule has 39 heavy (non-hydrogen) atoms. The summed E-state index contributed by atoms with van der Waals surface area (Å²) < 4.78 is 12.0. The molecule has 9 heteroatoms. The fourth-order valence-electron chi connectivity index (χ4n) is 3.95. The molecule has 0 aliphatic heterocycles. The van der Waals surface area contributed by atoms with E-state index in [0.29, 0.717) is 17.7 Å². The van der Waals surface area contributed by atoms with Gasteiger partial charge in [0.2, 0.25) is 11.8 Å². The summed E-state index contributed by atoms with van der Waals surface area (Å²) in [6, 6.07) is 17.4. The van der Waals surface area contributed by atoms with Crippen molar-refractivity contribution in [3.8, 4) is 0 Å². The molecule has 0 aliphatic carbocycles. The highest BCUT2D eigenvalue weighted by Gasteiger charge is 2.29. The van der Waals surface area contributed by atoms with E-state index in [4.69, 9.17) is 9.47 Å². The Hall–Kier alpha value is -4.40. The lowest BCUT2D eigenvalue weighted by atomic mass is 10.0. The molecule has 0 fully saturated rings. The number of hydrogen-bond acceptors (Lipinski definition) is 6. The highest BCUT2D eigenvalue weighted by atomic mass is 16.5. The predicted octanol–water partition coefficient (Wildman–Crippen LogP) is 4.51. The summed E-state index contributed by atoms with van der Waals surface area (Å²) in [6.07, 6.45) is 3.57. The minimum Gasteiger partial charge on any atom is -0.462 e. The van der Waals surface area contributed by atoms with E-state index in [1.165, 1.54) is 0 Å². The van der Waals surface area contributed by atoms with Crippen molar-refractivity contribution in [2.24, 2.45) is 5.92 Å². The zero-order chi connectivity index (χ0) is 28.2. The first kappa shape index (κ1) is 29.2. The SMILES string of the molecule is CCOC(=O)c1ccc(NC(=O)[C@H](CC(C)C)NC(=O)C(CC(=O)OCc2ccccc2)n2cccc2)cc1. The van der Waals surface area contributed by atoms with Crippen molar-refractivity contribution in [3.63, 3.8) is 0 Å². The van der Waals surface area contributed by atoms with Gasteiger partial charge in [-0.1, -0.05) is 44.2 Å². The number of hydrogen-bond donors (Lipinski definition) is 2. The van der Waals surface area contributed by atoms with Crippen molar-refractivity contribution in [2.75, 3.05) is 11.9 Å². The molecule has 2 aromatic carbocycles. The van der Waals surface area contributed by atoms with Gasteiger partial charge in [0.05, 0.1) is 18.6 Å². The number of esters is 2. The molecule has 0 spiro atoms. The molecule has 2 amide bonds. The molecule has 1 heterocycles. The Kier molecular flexibility index (Phi) is 10.9. The minimum atomic E-state index is -0.894. The average molecular weight is 534 g/mol. The molecule has 0 saturated heterocycles. The van der Waals surface area contributed by atoms with Gasteiger partial charge >= 0.3 is 11.9 Å². The van der Waals surface area contributed by atoms with Crippen LogP contribution in [0, 0.1) is 5.92 Å². The van der Waals surface area contributed by atoms with Crippen LogP contribution in [0.25, 0.3) is 0 Å². The van der Waals surface area contributed by atoms with Gasteiger partial charge in [0.25, 0.3) is 0 Å². The van der Waals surface area contributed by atoms with Gasteiger partial charge in [-0.3, -0.25) is 14.4 Å². The van der Waals surface area contributed by atoms with Gasteiger partial charge in [0.1, 0.15) is 18.7 Å². The van der Waals surface area contributed by atoms with Crippen LogP contribution in [0.3, 0.4) is 0 Å². The number of ether oxygens (including phenoxy) is 2. The van der Waals surface area contributed by atoms with E-state index < -0.39 is 35.8 Å². The number of nitrogens with one attached hydrogen (secondary N) is 2. The van der Waals surface area contributed by atoms with Crippen molar-refractivity contribution in [3.05, 3.63) is 90.3 Å². The molecule has 3 aromatic rings. The molecule has 0 radical (unpaired) electrons. The Bertz CT molecular complexity index is 1220. The molecule has 2 atom stereocenters. The second-order valence-corrected chi connectivity index (χ2v) is 9.47. The number of carbonyl (C=O) groups is 4. The first-order valence-electron chi connectivity index (χ1n) is 13.0. The second kappa shape index (κ2) is 14.5. The summed E-state index contributed by atoms with van der Waals surface area (Å²) in [6.45, 7) is 6.00. The van der Waals surface area contributed by atoms with E-state index >= 15 is 0 Å². The quantitative estimate of drug-likeness (QED) is 0.313. The number of aromatic nitrogens is 1. The maximum atomic E-state index is 13.4. The molecule has 9 nitrogen and oxygen atoms in total. The molecule has 1 aromatic heterocycles. The average Bonchev–Trinajstić information content (AvgIpc) is 3.45. The third-order valence-electron chi connectivity index (χ3n) is 5.90. The highest BCUT2D eigenvalue weighted by Crippen LogP contribution is 2.17. The summed E-state index contributed by atoms with van der Waals surface area (Å²) in [5.74, 6) is -1.74. The van der Waals surface area contributed by atoms with Crippen molar-refractivity contribution in [1.82, 2.24) is 9.88 Å². The van der Waals surface area contributed by atoms with Crippen LogP contribution in [0.1, 0.15) is 55.6 Å². The largest absolute Gasteiger partial charge is 0.462 e. The lowest BCUT2D eigenvalue weighted by Gasteiger charge is -2.24. The van der Waals surface area contributed by atoms with Crippen LogP contribution in [0.2, 0.25) is 0 Å². The van der Waals surface area contributed by atoms with E-state index in [9.17, 15) is 19.2 Å². The normalized spacial score (nSPS) is 12.3. The van der Waals surface area contributed by atoms with Gasteiger partial charge in [-0.15, -0.1) is 0 Å². The fraction of sp³-hybridized carbons (Fsp3) is 0.333. The number of nitrogens with zero attached hydrogens (tertiary/aromatic N) is 1. The number of rotatable bonds is 13. The zero-order valence-electron chi connectivity index (χ0n) is 22.5. The molecule has 206 valence electrons. The Labute approximate surface area is 228 Å². The summed E-state index contributed by atoms with van der Waals surface area (Å²) >= 11 is 0. The van der Waals surface area contributed by atoms with Gasteiger partial charge in [-0.2, -0.15) is 0 Å². The highest BCUT2D eigenvalue weighted by molar-refractivity contribution is 5.98. The summed E-state index contributed by atoms with van der Waals surface area (Å²) in [7, 11) is 0. The topological polar surface area (TPSA) is 116 Å². The molecular formula is C30H35N3O6. The second-order valence-electron chi connectivity index (χ2n) is 9.47. The fourth-order valence-corrected chi connectivity index (χ4v) is 3.95. The lowest BCUT2D eigenvalue weighted by Crippen LogP contribution is -2.47.